The monoisotopic (exact) mass is 430 g/mol. The van der Waals surface area contributed by atoms with E-state index in [0.29, 0.717) is 10.6 Å². The van der Waals surface area contributed by atoms with Gasteiger partial charge in [-0.05, 0) is 83.2 Å². The van der Waals surface area contributed by atoms with E-state index >= 15 is 0 Å². The largest absolute Gasteiger partial charge is 0.459 e. The standard InChI is InChI=1S/C23H30N2O4S/c1-15(2)28-23(27)20-17-8-4-5-9-19(17)30-22(20)24-21(26)18-11-10-16(29-18)14-25-12-6-3-7-13-25/h10-11,15H,3-9,12-14H2,1-2H3,(H,24,26). The number of nitrogens with zero attached hydrogens (tertiary/aromatic N) is 1. The van der Waals surface area contributed by atoms with Gasteiger partial charge in [-0.1, -0.05) is 6.42 Å². The van der Waals surface area contributed by atoms with E-state index in [1.807, 2.05) is 19.9 Å². The van der Waals surface area contributed by atoms with Crippen molar-refractivity contribution in [2.45, 2.75) is 71.4 Å². The number of furan rings is 1. The Hall–Kier alpha value is -2.12. The van der Waals surface area contributed by atoms with Crippen molar-refractivity contribution in [2.24, 2.45) is 0 Å². The van der Waals surface area contributed by atoms with Gasteiger partial charge >= 0.3 is 5.97 Å². The molecule has 2 aromatic heterocycles. The molecule has 2 aliphatic rings. The fourth-order valence-corrected chi connectivity index (χ4v) is 5.50. The van der Waals surface area contributed by atoms with E-state index in [4.69, 9.17) is 9.15 Å². The Balaban J connectivity index is 1.50. The lowest BCUT2D eigenvalue weighted by molar-refractivity contribution is 0.0378. The fraction of sp³-hybridized carbons (Fsp3) is 0.565. The second-order valence-electron chi connectivity index (χ2n) is 8.43. The summed E-state index contributed by atoms with van der Waals surface area (Å²) in [5, 5.41) is 3.50. The second-order valence-corrected chi connectivity index (χ2v) is 9.53. The Morgan fingerprint density at radius 3 is 2.67 bits per heavy atom. The Morgan fingerprint density at radius 1 is 1.13 bits per heavy atom. The fourth-order valence-electron chi connectivity index (χ4n) is 4.23. The molecule has 162 valence electrons. The number of hydrogen-bond donors (Lipinski definition) is 1. The molecule has 3 heterocycles. The maximum atomic E-state index is 12.9. The van der Waals surface area contributed by atoms with Crippen LogP contribution in [0.1, 0.15) is 83.1 Å². The Morgan fingerprint density at radius 2 is 1.90 bits per heavy atom. The van der Waals surface area contributed by atoms with Gasteiger partial charge < -0.3 is 14.5 Å². The zero-order chi connectivity index (χ0) is 21.1. The van der Waals surface area contributed by atoms with E-state index in [1.54, 1.807) is 6.07 Å². The zero-order valence-corrected chi connectivity index (χ0v) is 18.6. The number of piperidine rings is 1. The summed E-state index contributed by atoms with van der Waals surface area (Å²) in [5.41, 5.74) is 1.56. The number of rotatable bonds is 6. The number of thiophene rings is 1. The molecule has 0 saturated carbocycles. The van der Waals surface area contributed by atoms with Crippen molar-refractivity contribution in [3.8, 4) is 0 Å². The molecule has 0 spiro atoms. The number of nitrogens with one attached hydrogen (secondary N) is 1. The number of anilines is 1. The van der Waals surface area contributed by atoms with E-state index in [2.05, 4.69) is 10.2 Å². The van der Waals surface area contributed by atoms with Gasteiger partial charge in [0.05, 0.1) is 18.2 Å². The Kier molecular flexibility index (Phi) is 6.58. The maximum absolute atomic E-state index is 12.9. The van der Waals surface area contributed by atoms with Crippen LogP contribution in [-0.4, -0.2) is 36.0 Å². The molecule has 0 radical (unpaired) electrons. The summed E-state index contributed by atoms with van der Waals surface area (Å²) < 4.78 is 11.3. The number of carbonyl (C=O) groups is 2. The quantitative estimate of drug-likeness (QED) is 0.651. The molecule has 0 atom stereocenters. The van der Waals surface area contributed by atoms with Crippen LogP contribution in [0.15, 0.2) is 16.5 Å². The average Bonchev–Trinajstić information content (AvgIpc) is 3.32. The minimum atomic E-state index is -0.357. The number of ether oxygens (including phenoxy) is 1. The summed E-state index contributed by atoms with van der Waals surface area (Å²) in [6.07, 6.45) is 7.47. The van der Waals surface area contributed by atoms with E-state index < -0.39 is 0 Å². The summed E-state index contributed by atoms with van der Waals surface area (Å²) in [4.78, 5) is 29.2. The van der Waals surface area contributed by atoms with Gasteiger partial charge in [0.15, 0.2) is 5.76 Å². The molecule has 7 heteroatoms. The first-order chi connectivity index (χ1) is 14.5. The lowest BCUT2D eigenvalue weighted by Crippen LogP contribution is -2.28. The van der Waals surface area contributed by atoms with Crippen molar-refractivity contribution in [2.75, 3.05) is 18.4 Å². The van der Waals surface area contributed by atoms with Gasteiger partial charge in [0.2, 0.25) is 0 Å². The SMILES string of the molecule is CC(C)OC(=O)c1c(NC(=O)c2ccc(CN3CCCCC3)o2)sc2c1CCCC2. The number of carbonyl (C=O) groups excluding carboxylic acids is 2. The van der Waals surface area contributed by atoms with Crippen LogP contribution in [0.3, 0.4) is 0 Å². The maximum Gasteiger partial charge on any atom is 0.341 e. The molecule has 6 nitrogen and oxygen atoms in total. The second kappa shape index (κ2) is 9.35. The first-order valence-electron chi connectivity index (χ1n) is 11.0. The van der Waals surface area contributed by atoms with Gasteiger partial charge in [-0.2, -0.15) is 0 Å². The molecule has 0 aromatic carbocycles. The third kappa shape index (κ3) is 4.78. The summed E-state index contributed by atoms with van der Waals surface area (Å²) in [6.45, 7) is 6.55. The highest BCUT2D eigenvalue weighted by atomic mass is 32.1. The number of likely N-dealkylation sites (tertiary alicyclic amines) is 1. The Labute approximate surface area is 181 Å². The molecule has 4 rings (SSSR count). The molecule has 2 aromatic rings. The van der Waals surface area contributed by atoms with Gasteiger partial charge in [-0.15, -0.1) is 11.3 Å². The molecule has 30 heavy (non-hydrogen) atoms. The van der Waals surface area contributed by atoms with Crippen molar-refractivity contribution in [3.63, 3.8) is 0 Å². The lowest BCUT2D eigenvalue weighted by atomic mass is 9.95. The van der Waals surface area contributed by atoms with Gasteiger partial charge in [0.1, 0.15) is 10.8 Å². The summed E-state index contributed by atoms with van der Waals surface area (Å²) >= 11 is 1.49. The number of aryl methyl sites for hydroxylation is 1. The van der Waals surface area contributed by atoms with Crippen LogP contribution in [0.5, 0.6) is 0 Å². The van der Waals surface area contributed by atoms with E-state index in [1.165, 1.54) is 35.5 Å². The normalized spacial score (nSPS) is 17.0. The van der Waals surface area contributed by atoms with Gasteiger partial charge in [0, 0.05) is 4.88 Å². The van der Waals surface area contributed by atoms with Crippen molar-refractivity contribution in [1.82, 2.24) is 4.90 Å². The molecule has 0 unspecified atom stereocenters. The summed E-state index contributed by atoms with van der Waals surface area (Å²) in [7, 11) is 0. The van der Waals surface area contributed by atoms with E-state index in [-0.39, 0.29) is 23.7 Å². The molecule has 1 fully saturated rings. The van der Waals surface area contributed by atoms with Gasteiger partial charge in [-0.25, -0.2) is 4.79 Å². The van der Waals surface area contributed by atoms with Crippen molar-refractivity contribution in [3.05, 3.63) is 39.7 Å². The van der Waals surface area contributed by atoms with Crippen LogP contribution in [0.25, 0.3) is 0 Å². The lowest BCUT2D eigenvalue weighted by Gasteiger charge is -2.25. The molecule has 1 N–H and O–H groups in total. The van der Waals surface area contributed by atoms with E-state index in [9.17, 15) is 9.59 Å². The van der Waals surface area contributed by atoms with Crippen LogP contribution >= 0.6 is 11.3 Å². The smallest absolute Gasteiger partial charge is 0.341 e. The topological polar surface area (TPSA) is 71.8 Å². The predicted molar refractivity (Wildman–Crippen MR) is 117 cm³/mol. The minimum absolute atomic E-state index is 0.206. The third-order valence-corrected chi connectivity index (χ3v) is 6.87. The first kappa shape index (κ1) is 21.1. The number of amides is 1. The number of hydrogen-bond acceptors (Lipinski definition) is 6. The number of fused-ring (bicyclic) bond motifs is 1. The van der Waals surface area contributed by atoms with Crippen LogP contribution in [0.2, 0.25) is 0 Å². The third-order valence-electron chi connectivity index (χ3n) is 5.66. The van der Waals surface area contributed by atoms with Crippen molar-refractivity contribution < 1.29 is 18.7 Å². The molecule has 1 amide bonds. The first-order valence-corrected chi connectivity index (χ1v) is 11.8. The van der Waals surface area contributed by atoms with Crippen LogP contribution in [0.4, 0.5) is 5.00 Å². The number of esters is 1. The van der Waals surface area contributed by atoms with Crippen LogP contribution in [0, 0.1) is 0 Å². The Bertz CT molecular complexity index is 908. The predicted octanol–water partition coefficient (Wildman–Crippen LogP) is 5.02. The highest BCUT2D eigenvalue weighted by Gasteiger charge is 2.28. The molecule has 1 aliphatic carbocycles. The molecule has 1 aliphatic heterocycles. The summed E-state index contributed by atoms with van der Waals surface area (Å²) in [5.74, 6) is 0.394. The van der Waals surface area contributed by atoms with Crippen LogP contribution < -0.4 is 5.32 Å². The molecule has 0 bridgehead atoms. The van der Waals surface area contributed by atoms with Crippen molar-refractivity contribution in [1.29, 1.82) is 0 Å². The highest BCUT2D eigenvalue weighted by molar-refractivity contribution is 7.17. The van der Waals surface area contributed by atoms with Gasteiger partial charge in [-0.3, -0.25) is 9.69 Å². The zero-order valence-electron chi connectivity index (χ0n) is 17.8. The molecule has 1 saturated heterocycles. The van der Waals surface area contributed by atoms with Crippen LogP contribution in [-0.2, 0) is 24.1 Å². The van der Waals surface area contributed by atoms with Crippen molar-refractivity contribution >= 4 is 28.2 Å². The van der Waals surface area contributed by atoms with E-state index in [0.717, 1.165) is 56.6 Å². The highest BCUT2D eigenvalue weighted by Crippen LogP contribution is 2.39. The minimum Gasteiger partial charge on any atom is -0.459 e. The molecular formula is C23H30N2O4S. The summed E-state index contributed by atoms with van der Waals surface area (Å²) in [6, 6.07) is 3.59. The average molecular weight is 431 g/mol. The van der Waals surface area contributed by atoms with Gasteiger partial charge in [0.25, 0.3) is 5.91 Å². The molecular weight excluding hydrogens is 400 g/mol.